The van der Waals surface area contributed by atoms with Crippen LogP contribution < -0.4 is 5.32 Å². The Labute approximate surface area is 122 Å². The van der Waals surface area contributed by atoms with E-state index in [0.29, 0.717) is 19.4 Å². The van der Waals surface area contributed by atoms with Gasteiger partial charge in [0.25, 0.3) is 0 Å². The molecule has 1 rings (SSSR count). The van der Waals surface area contributed by atoms with Crippen LogP contribution in [-0.2, 0) is 14.3 Å². The third kappa shape index (κ3) is 3.32. The molecule has 0 saturated carbocycles. The third-order valence-corrected chi connectivity index (χ3v) is 4.23. The molecule has 1 aliphatic heterocycles. The summed E-state index contributed by atoms with van der Waals surface area (Å²) in [5.74, 6) is 0.00159. The first kappa shape index (κ1) is 17.0. The normalized spacial score (nSPS) is 28.4. The Hall–Kier alpha value is -1.10. The van der Waals surface area contributed by atoms with E-state index in [1.165, 1.54) is 0 Å². The van der Waals surface area contributed by atoms with Gasteiger partial charge in [-0.1, -0.05) is 20.3 Å². The minimum atomic E-state index is -0.775. The fourth-order valence-electron chi connectivity index (χ4n) is 2.68. The number of carbonyl (C=O) groups excluding carboxylic acids is 2. The second-order valence-electron chi connectivity index (χ2n) is 5.82. The summed E-state index contributed by atoms with van der Waals surface area (Å²) in [6.45, 7) is 8.35. The van der Waals surface area contributed by atoms with Gasteiger partial charge < -0.3 is 15.0 Å². The maximum absolute atomic E-state index is 12.8. The Morgan fingerprint density at radius 1 is 1.40 bits per heavy atom. The average molecular weight is 284 g/mol. The summed E-state index contributed by atoms with van der Waals surface area (Å²) in [6, 6.07) is -0.338. The van der Waals surface area contributed by atoms with Crippen LogP contribution in [0.25, 0.3) is 0 Å². The quantitative estimate of drug-likeness (QED) is 0.774. The van der Waals surface area contributed by atoms with Crippen LogP contribution in [0.5, 0.6) is 0 Å². The minimum absolute atomic E-state index is 0.0101. The Kier molecular flexibility index (Phi) is 5.99. The molecule has 1 aliphatic rings. The highest BCUT2D eigenvalue weighted by Crippen LogP contribution is 2.26. The van der Waals surface area contributed by atoms with Crippen molar-refractivity contribution in [2.75, 3.05) is 13.7 Å². The summed E-state index contributed by atoms with van der Waals surface area (Å²) in [7, 11) is 1.65. The lowest BCUT2D eigenvalue weighted by molar-refractivity contribution is -0.157. The predicted molar refractivity (Wildman–Crippen MR) is 78.3 cm³/mol. The van der Waals surface area contributed by atoms with Gasteiger partial charge in [-0.05, 0) is 33.1 Å². The molecule has 2 amide bonds. The fourth-order valence-corrected chi connectivity index (χ4v) is 2.68. The van der Waals surface area contributed by atoms with Gasteiger partial charge in [0, 0.05) is 19.8 Å². The molecule has 3 unspecified atom stereocenters. The number of nitrogens with zero attached hydrogens (tertiary/aromatic N) is 1. The van der Waals surface area contributed by atoms with Crippen LogP contribution in [0.15, 0.2) is 0 Å². The summed E-state index contributed by atoms with van der Waals surface area (Å²) >= 11 is 0. The molecular weight excluding hydrogens is 256 g/mol. The first-order chi connectivity index (χ1) is 9.41. The van der Waals surface area contributed by atoms with Crippen molar-refractivity contribution in [2.24, 2.45) is 0 Å². The highest BCUT2D eigenvalue weighted by atomic mass is 16.5. The zero-order valence-corrected chi connectivity index (χ0v) is 13.4. The number of hydrogen-bond acceptors (Lipinski definition) is 3. The van der Waals surface area contributed by atoms with Gasteiger partial charge >= 0.3 is 0 Å². The summed E-state index contributed by atoms with van der Waals surface area (Å²) in [5.41, 5.74) is -0.775. The smallest absolute Gasteiger partial charge is 0.248 e. The summed E-state index contributed by atoms with van der Waals surface area (Å²) in [4.78, 5) is 26.9. The van der Waals surface area contributed by atoms with E-state index in [9.17, 15) is 9.59 Å². The summed E-state index contributed by atoms with van der Waals surface area (Å²) in [5, 5.41) is 2.91. The number of methoxy groups -OCH3 is 1. The molecule has 20 heavy (non-hydrogen) atoms. The lowest BCUT2D eigenvalue weighted by Gasteiger charge is -2.46. The molecule has 0 spiro atoms. The number of carbonyl (C=O) groups is 2. The van der Waals surface area contributed by atoms with Crippen molar-refractivity contribution in [1.29, 1.82) is 0 Å². The predicted octanol–water partition coefficient (Wildman–Crippen LogP) is 1.71. The van der Waals surface area contributed by atoms with Crippen LogP contribution in [0, 0.1) is 0 Å². The molecule has 0 radical (unpaired) electrons. The van der Waals surface area contributed by atoms with E-state index in [-0.39, 0.29) is 23.9 Å². The number of amides is 2. The zero-order valence-electron chi connectivity index (χ0n) is 13.4. The van der Waals surface area contributed by atoms with E-state index in [2.05, 4.69) is 5.32 Å². The monoisotopic (exact) mass is 284 g/mol. The zero-order chi connectivity index (χ0) is 15.3. The third-order valence-electron chi connectivity index (χ3n) is 4.23. The van der Waals surface area contributed by atoms with Crippen LogP contribution in [0.2, 0.25) is 0 Å². The van der Waals surface area contributed by atoms with Crippen LogP contribution in [0.3, 0.4) is 0 Å². The Bertz CT molecular complexity index is 359. The van der Waals surface area contributed by atoms with Gasteiger partial charge in [0.1, 0.15) is 11.6 Å². The van der Waals surface area contributed by atoms with Gasteiger partial charge in [0.15, 0.2) is 0 Å². The lowest BCUT2D eigenvalue weighted by Crippen LogP contribution is -2.70. The molecule has 3 atom stereocenters. The van der Waals surface area contributed by atoms with Crippen molar-refractivity contribution in [3.8, 4) is 0 Å². The van der Waals surface area contributed by atoms with E-state index in [4.69, 9.17) is 4.74 Å². The molecule has 1 fully saturated rings. The summed E-state index contributed by atoms with van der Waals surface area (Å²) < 4.78 is 5.10. The lowest BCUT2D eigenvalue weighted by atomic mass is 9.89. The number of piperazine rings is 1. The van der Waals surface area contributed by atoms with Gasteiger partial charge in [-0.15, -0.1) is 0 Å². The van der Waals surface area contributed by atoms with Crippen molar-refractivity contribution in [2.45, 2.75) is 71.0 Å². The highest BCUT2D eigenvalue weighted by Gasteiger charge is 2.47. The standard InChI is InChI=1S/C15H28N2O3/c1-6-8-12-13(18)16-15(4,7-2)14(19)17(12)11(3)9-10-20-5/h11-12H,6-10H2,1-5H3,(H,16,18). The molecular formula is C15H28N2O3. The first-order valence-electron chi connectivity index (χ1n) is 7.55. The van der Waals surface area contributed by atoms with Crippen molar-refractivity contribution in [1.82, 2.24) is 10.2 Å². The molecule has 5 heteroatoms. The number of nitrogens with one attached hydrogen (secondary N) is 1. The largest absolute Gasteiger partial charge is 0.385 e. The number of rotatable bonds is 7. The van der Waals surface area contributed by atoms with Crippen LogP contribution in [0.1, 0.15) is 53.4 Å². The van der Waals surface area contributed by atoms with E-state index < -0.39 is 5.54 Å². The molecule has 1 N–H and O–H groups in total. The highest BCUT2D eigenvalue weighted by molar-refractivity contribution is 5.99. The maximum Gasteiger partial charge on any atom is 0.248 e. The maximum atomic E-state index is 12.8. The van der Waals surface area contributed by atoms with Gasteiger partial charge in [-0.3, -0.25) is 9.59 Å². The van der Waals surface area contributed by atoms with E-state index in [0.717, 1.165) is 12.8 Å². The number of ether oxygens (including phenoxy) is 1. The second kappa shape index (κ2) is 7.07. The van der Waals surface area contributed by atoms with Gasteiger partial charge in [-0.25, -0.2) is 0 Å². The molecule has 1 heterocycles. The van der Waals surface area contributed by atoms with Gasteiger partial charge in [0.05, 0.1) is 0 Å². The van der Waals surface area contributed by atoms with Gasteiger partial charge in [-0.2, -0.15) is 0 Å². The molecule has 0 aliphatic carbocycles. The molecule has 116 valence electrons. The topological polar surface area (TPSA) is 58.6 Å². The molecule has 0 aromatic rings. The van der Waals surface area contributed by atoms with Crippen molar-refractivity contribution in [3.05, 3.63) is 0 Å². The molecule has 0 aromatic heterocycles. The molecule has 1 saturated heterocycles. The number of hydrogen-bond donors (Lipinski definition) is 1. The van der Waals surface area contributed by atoms with Gasteiger partial charge in [0.2, 0.25) is 11.8 Å². The Morgan fingerprint density at radius 2 is 2.05 bits per heavy atom. The first-order valence-corrected chi connectivity index (χ1v) is 7.55. The minimum Gasteiger partial charge on any atom is -0.385 e. The molecule has 5 nitrogen and oxygen atoms in total. The average Bonchev–Trinajstić information content (AvgIpc) is 2.42. The second-order valence-corrected chi connectivity index (χ2v) is 5.82. The van der Waals surface area contributed by atoms with Crippen molar-refractivity contribution >= 4 is 11.8 Å². The van der Waals surface area contributed by atoms with Crippen LogP contribution in [0.4, 0.5) is 0 Å². The van der Waals surface area contributed by atoms with Crippen molar-refractivity contribution < 1.29 is 14.3 Å². The van der Waals surface area contributed by atoms with E-state index >= 15 is 0 Å². The SMILES string of the molecule is CCCC1C(=O)NC(C)(CC)C(=O)N1C(C)CCOC. The van der Waals surface area contributed by atoms with E-state index in [1.807, 2.05) is 27.7 Å². The van der Waals surface area contributed by atoms with Crippen molar-refractivity contribution in [3.63, 3.8) is 0 Å². The Morgan fingerprint density at radius 3 is 2.55 bits per heavy atom. The molecule has 0 bridgehead atoms. The summed E-state index contributed by atoms with van der Waals surface area (Å²) in [6.07, 6.45) is 2.93. The molecule has 0 aromatic carbocycles. The Balaban J connectivity index is 3.01. The van der Waals surface area contributed by atoms with Crippen LogP contribution in [-0.4, -0.2) is 48.1 Å². The van der Waals surface area contributed by atoms with Crippen LogP contribution >= 0.6 is 0 Å². The van der Waals surface area contributed by atoms with E-state index in [1.54, 1.807) is 12.0 Å². The fraction of sp³-hybridized carbons (Fsp3) is 0.867.